The largest absolute Gasteiger partial charge is 0.493 e. The average molecular weight is 682 g/mol. The van der Waals surface area contributed by atoms with Gasteiger partial charge >= 0.3 is 29.8 Å². The number of carbonyl (C=O) groups is 5. The molecule has 0 saturated carbocycles. The highest BCUT2D eigenvalue weighted by molar-refractivity contribution is 5.87. The SMILES string of the molecule is COc1ccc2c3c1O[C@H]1C(OC(=O)[C@@H](O)CC(=O)O[C@H](C(=O)O[C@@H](CC(=O)O)C(=O)O)c4ccccc4)=CC[C@@]4(O)[C@H](C2)N(C)CC[C@]314. The minimum absolute atomic E-state index is 0.0559. The first-order valence-corrected chi connectivity index (χ1v) is 15.6. The van der Waals surface area contributed by atoms with Crippen molar-refractivity contribution in [2.75, 3.05) is 20.7 Å². The zero-order valence-corrected chi connectivity index (χ0v) is 26.6. The van der Waals surface area contributed by atoms with E-state index in [1.54, 1.807) is 18.2 Å². The normalized spacial score (nSPS) is 26.5. The average Bonchev–Trinajstić information content (AvgIpc) is 3.42. The van der Waals surface area contributed by atoms with E-state index in [2.05, 4.69) is 4.90 Å². The molecular formula is C34H35NO14. The molecule has 0 amide bonds. The summed E-state index contributed by atoms with van der Waals surface area (Å²) in [6, 6.07) is 10.9. The third-order valence-corrected chi connectivity index (χ3v) is 9.87. The maximum atomic E-state index is 13.2. The van der Waals surface area contributed by atoms with Crippen LogP contribution in [0.1, 0.15) is 48.5 Å². The molecule has 2 aromatic rings. The third kappa shape index (κ3) is 5.66. The number of methoxy groups -OCH3 is 1. The van der Waals surface area contributed by atoms with Gasteiger partial charge < -0.3 is 49.0 Å². The molecule has 1 saturated heterocycles. The molecule has 49 heavy (non-hydrogen) atoms. The second kappa shape index (κ2) is 12.8. The number of hydrogen-bond donors (Lipinski definition) is 4. The Morgan fingerprint density at radius 3 is 2.43 bits per heavy atom. The summed E-state index contributed by atoms with van der Waals surface area (Å²) in [5.41, 5.74) is -0.388. The maximum Gasteiger partial charge on any atom is 0.353 e. The number of rotatable bonds is 12. The van der Waals surface area contributed by atoms with Crippen molar-refractivity contribution in [3.8, 4) is 11.5 Å². The predicted molar refractivity (Wildman–Crippen MR) is 163 cm³/mol. The van der Waals surface area contributed by atoms with Gasteiger partial charge in [-0.1, -0.05) is 36.4 Å². The summed E-state index contributed by atoms with van der Waals surface area (Å²) in [7, 11) is 3.45. The lowest BCUT2D eigenvalue weighted by atomic mass is 9.50. The fourth-order valence-electron chi connectivity index (χ4n) is 7.61. The molecule has 2 heterocycles. The molecule has 2 aliphatic heterocycles. The topological polar surface area (TPSA) is 216 Å². The molecule has 4 N–H and O–H groups in total. The van der Waals surface area contributed by atoms with Crippen LogP contribution in [0.3, 0.4) is 0 Å². The van der Waals surface area contributed by atoms with Crippen LogP contribution in [-0.4, -0.2) is 106 Å². The maximum absolute atomic E-state index is 13.2. The number of likely N-dealkylation sites (tertiary alicyclic amines) is 1. The molecule has 2 aliphatic carbocycles. The molecule has 0 aromatic heterocycles. The lowest BCUT2D eigenvalue weighted by Crippen LogP contribution is -2.74. The van der Waals surface area contributed by atoms with Gasteiger partial charge in [-0.3, -0.25) is 9.59 Å². The Hall–Kier alpha value is -4.99. The lowest BCUT2D eigenvalue weighted by molar-refractivity contribution is -0.181. The number of nitrogens with zero attached hydrogens (tertiary/aromatic N) is 1. The van der Waals surface area contributed by atoms with E-state index in [1.165, 1.54) is 31.4 Å². The Morgan fingerprint density at radius 1 is 1.02 bits per heavy atom. The van der Waals surface area contributed by atoms with Crippen LogP contribution in [0.2, 0.25) is 0 Å². The van der Waals surface area contributed by atoms with E-state index in [1.807, 2.05) is 13.1 Å². The number of aliphatic hydroxyl groups is 2. The van der Waals surface area contributed by atoms with Crippen molar-refractivity contribution in [3.63, 3.8) is 0 Å². The molecule has 260 valence electrons. The highest BCUT2D eigenvalue weighted by atomic mass is 16.6. The lowest BCUT2D eigenvalue weighted by Gasteiger charge is -2.61. The summed E-state index contributed by atoms with van der Waals surface area (Å²) in [6.07, 6.45) is -6.20. The molecule has 15 nitrogen and oxygen atoms in total. The van der Waals surface area contributed by atoms with Gasteiger partial charge in [0.25, 0.3) is 0 Å². The Labute approximate surface area is 279 Å². The van der Waals surface area contributed by atoms with Crippen LogP contribution in [0.25, 0.3) is 0 Å². The summed E-state index contributed by atoms with van der Waals surface area (Å²) in [5, 5.41) is 41.3. The number of benzene rings is 2. The number of carboxylic acids is 2. The quantitative estimate of drug-likeness (QED) is 0.182. The molecule has 1 spiro atoms. The van der Waals surface area contributed by atoms with Crippen molar-refractivity contribution < 1.29 is 68.1 Å². The third-order valence-electron chi connectivity index (χ3n) is 9.87. The summed E-state index contributed by atoms with van der Waals surface area (Å²) in [6.45, 7) is 0.632. The van der Waals surface area contributed by atoms with Crippen molar-refractivity contribution in [3.05, 3.63) is 71.0 Å². The van der Waals surface area contributed by atoms with E-state index in [-0.39, 0.29) is 23.8 Å². The van der Waals surface area contributed by atoms with E-state index in [0.29, 0.717) is 30.9 Å². The Kier molecular flexibility index (Phi) is 8.85. The molecular weight excluding hydrogens is 646 g/mol. The number of aliphatic carboxylic acids is 2. The summed E-state index contributed by atoms with van der Waals surface area (Å²) >= 11 is 0. The number of likely N-dealkylation sites (N-methyl/N-ethyl adjacent to an activating group) is 1. The second-order valence-corrected chi connectivity index (χ2v) is 12.6. The smallest absolute Gasteiger partial charge is 0.353 e. The summed E-state index contributed by atoms with van der Waals surface area (Å²) in [4.78, 5) is 63.7. The van der Waals surface area contributed by atoms with Gasteiger partial charge in [0.1, 0.15) is 5.76 Å². The minimum atomic E-state index is -2.07. The number of aliphatic hydroxyl groups excluding tert-OH is 1. The number of esters is 3. The molecule has 2 aromatic carbocycles. The molecule has 0 radical (unpaired) electrons. The van der Waals surface area contributed by atoms with Crippen molar-refractivity contribution in [2.24, 2.45) is 0 Å². The van der Waals surface area contributed by atoms with Crippen LogP contribution in [0, 0.1) is 0 Å². The van der Waals surface area contributed by atoms with Gasteiger partial charge in [0.05, 0.1) is 31.0 Å². The first-order chi connectivity index (χ1) is 23.3. The van der Waals surface area contributed by atoms with Crippen LogP contribution in [0.5, 0.6) is 11.5 Å². The van der Waals surface area contributed by atoms with Crippen LogP contribution >= 0.6 is 0 Å². The number of hydrogen-bond acceptors (Lipinski definition) is 13. The van der Waals surface area contributed by atoms with Crippen molar-refractivity contribution in [1.29, 1.82) is 0 Å². The summed E-state index contributed by atoms with van der Waals surface area (Å²) in [5.74, 6) is -6.14. The fourth-order valence-corrected chi connectivity index (χ4v) is 7.61. The van der Waals surface area contributed by atoms with Crippen molar-refractivity contribution in [2.45, 2.75) is 73.6 Å². The number of carbonyl (C=O) groups excluding carboxylic acids is 3. The van der Waals surface area contributed by atoms with Gasteiger partial charge in [-0.25, -0.2) is 14.4 Å². The zero-order valence-electron chi connectivity index (χ0n) is 26.6. The molecule has 15 heteroatoms. The molecule has 7 atom stereocenters. The molecule has 2 bridgehead atoms. The first kappa shape index (κ1) is 33.9. The van der Waals surface area contributed by atoms with E-state index in [0.717, 1.165) is 11.1 Å². The number of piperidine rings is 1. The summed E-state index contributed by atoms with van der Waals surface area (Å²) < 4.78 is 27.7. The zero-order chi connectivity index (χ0) is 35.2. The van der Waals surface area contributed by atoms with Gasteiger partial charge in [-0.05, 0) is 44.1 Å². The van der Waals surface area contributed by atoms with Gasteiger partial charge in [-0.15, -0.1) is 0 Å². The van der Waals surface area contributed by atoms with E-state index >= 15 is 0 Å². The Balaban J connectivity index is 1.19. The Morgan fingerprint density at radius 2 is 1.76 bits per heavy atom. The second-order valence-electron chi connectivity index (χ2n) is 12.6. The van der Waals surface area contributed by atoms with Gasteiger partial charge in [0.15, 0.2) is 23.7 Å². The van der Waals surface area contributed by atoms with Gasteiger partial charge in [-0.2, -0.15) is 0 Å². The highest BCUT2D eigenvalue weighted by Gasteiger charge is 2.72. The standard InChI is InChI=1S/C34H35NO14/c1-35-13-12-33-26-18-8-9-20(45-2)28(26)49-29(33)21(10-11-34(33,44)23(35)14-18)46-31(42)19(36)15-25(39)48-27(17-6-4-3-5-7-17)32(43)47-22(30(40)41)16-24(37)38/h3-10,19,22-23,27,29,36,44H,11-16H2,1-2H3,(H,37,38)(H,40,41)/t19-,22-,23-,27-,29-,33-,34+/m0/s1. The van der Waals surface area contributed by atoms with Crippen molar-refractivity contribution >= 4 is 29.8 Å². The van der Waals surface area contributed by atoms with Crippen LogP contribution in [0.4, 0.5) is 0 Å². The van der Waals surface area contributed by atoms with E-state index in [9.17, 15) is 39.3 Å². The van der Waals surface area contributed by atoms with Crippen LogP contribution < -0.4 is 9.47 Å². The molecule has 0 unspecified atom stereocenters. The number of ether oxygens (including phenoxy) is 5. The molecule has 6 rings (SSSR count). The van der Waals surface area contributed by atoms with Gasteiger partial charge in [0.2, 0.25) is 12.2 Å². The van der Waals surface area contributed by atoms with Crippen molar-refractivity contribution in [1.82, 2.24) is 4.90 Å². The predicted octanol–water partition coefficient (Wildman–Crippen LogP) is 1.02. The van der Waals surface area contributed by atoms with E-state index in [4.69, 9.17) is 28.8 Å². The minimum Gasteiger partial charge on any atom is -0.493 e. The Bertz CT molecular complexity index is 1720. The van der Waals surface area contributed by atoms with E-state index < -0.39 is 78.1 Å². The monoisotopic (exact) mass is 681 g/mol. The van der Waals surface area contributed by atoms with Crippen LogP contribution in [-0.2, 0) is 50.0 Å². The van der Waals surface area contributed by atoms with Gasteiger partial charge in [0, 0.05) is 23.6 Å². The molecule has 1 fully saturated rings. The fraction of sp³-hybridized carbons (Fsp3) is 0.441. The number of carboxylic acid groups (broad SMARTS) is 2. The van der Waals surface area contributed by atoms with Crippen LogP contribution in [0.15, 0.2) is 54.3 Å². The molecule has 4 aliphatic rings. The highest BCUT2D eigenvalue weighted by Crippen LogP contribution is 2.65. The first-order valence-electron chi connectivity index (χ1n) is 15.6.